The fourth-order valence-corrected chi connectivity index (χ4v) is 5.15. The number of hydrogen-bond donors (Lipinski definition) is 1. The summed E-state index contributed by atoms with van der Waals surface area (Å²) >= 11 is 13.9. The maximum atomic E-state index is 14.1. The van der Waals surface area contributed by atoms with E-state index in [0.29, 0.717) is 33.3 Å². The van der Waals surface area contributed by atoms with Gasteiger partial charge in [-0.05, 0) is 55.7 Å². The Kier molecular flexibility index (Phi) is 10.4. The zero-order chi connectivity index (χ0) is 27.0. The van der Waals surface area contributed by atoms with Crippen molar-refractivity contribution in [3.8, 4) is 0 Å². The molecule has 0 spiro atoms. The molecule has 8 heteroatoms. The maximum absolute atomic E-state index is 14.1. The first kappa shape index (κ1) is 29.0. The van der Waals surface area contributed by atoms with Crippen LogP contribution in [0.2, 0.25) is 10.0 Å². The van der Waals surface area contributed by atoms with Gasteiger partial charge in [0.15, 0.2) is 0 Å². The molecule has 0 heterocycles. The summed E-state index contributed by atoms with van der Waals surface area (Å²) in [6, 6.07) is 20.4. The second kappa shape index (κ2) is 13.3. The van der Waals surface area contributed by atoms with Gasteiger partial charge in [-0.2, -0.15) is 0 Å². The lowest BCUT2D eigenvalue weighted by Crippen LogP contribution is -2.54. The Morgan fingerprint density at radius 2 is 1.65 bits per heavy atom. The lowest BCUT2D eigenvalue weighted by Gasteiger charge is -2.34. The highest BCUT2D eigenvalue weighted by Crippen LogP contribution is 2.25. The van der Waals surface area contributed by atoms with Gasteiger partial charge in [0.25, 0.3) is 0 Å². The van der Waals surface area contributed by atoms with Gasteiger partial charge in [0, 0.05) is 34.3 Å². The highest BCUT2D eigenvalue weighted by molar-refractivity contribution is 7.99. The van der Waals surface area contributed by atoms with E-state index >= 15 is 0 Å². The summed E-state index contributed by atoms with van der Waals surface area (Å²) in [6.07, 6.45) is 0.331. The van der Waals surface area contributed by atoms with Crippen molar-refractivity contribution >= 4 is 46.8 Å². The van der Waals surface area contributed by atoms with Crippen molar-refractivity contribution in [2.24, 2.45) is 0 Å². The van der Waals surface area contributed by atoms with E-state index in [1.54, 1.807) is 41.3 Å². The third-order valence-corrected chi connectivity index (χ3v) is 7.12. The lowest BCUT2D eigenvalue weighted by atomic mass is 10.0. The van der Waals surface area contributed by atoms with Crippen molar-refractivity contribution in [2.75, 3.05) is 5.75 Å². The Morgan fingerprint density at radius 1 is 0.973 bits per heavy atom. The fraction of sp³-hybridized carbons (Fsp3) is 0.310. The average molecular weight is 562 g/mol. The molecule has 0 aliphatic rings. The minimum atomic E-state index is -0.782. The average Bonchev–Trinajstić information content (AvgIpc) is 2.83. The topological polar surface area (TPSA) is 49.4 Å². The minimum absolute atomic E-state index is 0.0770. The smallest absolute Gasteiger partial charge is 0.243 e. The predicted octanol–water partition coefficient (Wildman–Crippen LogP) is 6.92. The number of amides is 2. The normalized spacial score (nSPS) is 12.2. The van der Waals surface area contributed by atoms with Crippen LogP contribution in [0, 0.1) is 5.82 Å². The molecule has 37 heavy (non-hydrogen) atoms. The molecule has 1 N–H and O–H groups in total. The van der Waals surface area contributed by atoms with Crippen molar-refractivity contribution in [3.63, 3.8) is 0 Å². The van der Waals surface area contributed by atoms with Gasteiger partial charge in [-0.15, -0.1) is 11.8 Å². The van der Waals surface area contributed by atoms with Crippen LogP contribution in [-0.2, 0) is 28.3 Å². The number of benzene rings is 3. The molecule has 0 fully saturated rings. The molecule has 196 valence electrons. The van der Waals surface area contributed by atoms with Crippen LogP contribution in [0.5, 0.6) is 0 Å². The molecule has 2 amide bonds. The van der Waals surface area contributed by atoms with Gasteiger partial charge in [0.05, 0.1) is 5.75 Å². The van der Waals surface area contributed by atoms with E-state index in [9.17, 15) is 14.0 Å². The molecule has 0 aromatic heterocycles. The number of carbonyl (C=O) groups is 2. The third-order valence-electron chi connectivity index (χ3n) is 5.57. The van der Waals surface area contributed by atoms with Gasteiger partial charge in [-0.25, -0.2) is 4.39 Å². The Balaban J connectivity index is 1.91. The standard InChI is InChI=1S/C29H31Cl2FN2O2S/c1-29(2,3)33-28(36)26(15-20-9-5-4-6-10-20)34(17-21-13-14-23(30)16-24(21)31)27(35)19-37-18-22-11-7-8-12-25(22)32/h4-14,16,26H,15,17-19H2,1-3H3,(H,33,36). The second-order valence-electron chi connectivity index (χ2n) is 9.79. The molecule has 0 saturated carbocycles. The quantitative estimate of drug-likeness (QED) is 0.292. The first-order valence-corrected chi connectivity index (χ1v) is 13.8. The summed E-state index contributed by atoms with van der Waals surface area (Å²) in [5.74, 6) is -0.385. The van der Waals surface area contributed by atoms with E-state index in [2.05, 4.69) is 5.32 Å². The van der Waals surface area contributed by atoms with E-state index in [0.717, 1.165) is 5.56 Å². The molecular formula is C29H31Cl2FN2O2S. The van der Waals surface area contributed by atoms with Crippen molar-refractivity contribution in [1.29, 1.82) is 0 Å². The fourth-order valence-electron chi connectivity index (χ4n) is 3.79. The van der Waals surface area contributed by atoms with E-state index in [-0.39, 0.29) is 29.9 Å². The number of thioether (sulfide) groups is 1. The van der Waals surface area contributed by atoms with Crippen LogP contribution in [0.15, 0.2) is 72.8 Å². The number of rotatable bonds is 10. The van der Waals surface area contributed by atoms with E-state index in [1.165, 1.54) is 17.8 Å². The molecule has 1 unspecified atom stereocenters. The number of hydrogen-bond acceptors (Lipinski definition) is 3. The van der Waals surface area contributed by atoms with Crippen molar-refractivity contribution < 1.29 is 14.0 Å². The van der Waals surface area contributed by atoms with E-state index < -0.39 is 11.6 Å². The van der Waals surface area contributed by atoms with E-state index in [1.807, 2.05) is 51.1 Å². The predicted molar refractivity (Wildman–Crippen MR) is 151 cm³/mol. The highest BCUT2D eigenvalue weighted by Gasteiger charge is 2.32. The molecular weight excluding hydrogens is 530 g/mol. The molecule has 1 atom stereocenters. The molecule has 0 saturated heterocycles. The molecule has 3 aromatic rings. The van der Waals surface area contributed by atoms with Crippen molar-refractivity contribution in [1.82, 2.24) is 10.2 Å². The Labute approximate surface area is 232 Å². The third kappa shape index (κ3) is 9.06. The van der Waals surface area contributed by atoms with Crippen molar-refractivity contribution in [2.45, 2.75) is 51.1 Å². The second-order valence-corrected chi connectivity index (χ2v) is 11.6. The zero-order valence-corrected chi connectivity index (χ0v) is 23.5. The molecule has 0 bridgehead atoms. The molecule has 0 radical (unpaired) electrons. The summed E-state index contributed by atoms with van der Waals surface area (Å²) in [5.41, 5.74) is 1.65. The molecule has 3 aromatic carbocycles. The zero-order valence-electron chi connectivity index (χ0n) is 21.1. The van der Waals surface area contributed by atoms with Crippen LogP contribution in [0.1, 0.15) is 37.5 Å². The van der Waals surface area contributed by atoms with Crippen LogP contribution in [0.3, 0.4) is 0 Å². The maximum Gasteiger partial charge on any atom is 0.243 e. The number of nitrogens with zero attached hydrogens (tertiary/aromatic N) is 1. The summed E-state index contributed by atoms with van der Waals surface area (Å²) in [6.45, 7) is 5.83. The van der Waals surface area contributed by atoms with E-state index in [4.69, 9.17) is 23.2 Å². The SMILES string of the molecule is CC(C)(C)NC(=O)C(Cc1ccccc1)N(Cc1ccc(Cl)cc1Cl)C(=O)CSCc1ccccc1F. The highest BCUT2D eigenvalue weighted by atomic mass is 35.5. The van der Waals surface area contributed by atoms with Crippen LogP contribution >= 0.6 is 35.0 Å². The first-order chi connectivity index (χ1) is 17.5. The lowest BCUT2D eigenvalue weighted by molar-refractivity contribution is -0.140. The van der Waals surface area contributed by atoms with Crippen LogP contribution in [0.4, 0.5) is 4.39 Å². The summed E-state index contributed by atoms with van der Waals surface area (Å²) < 4.78 is 14.1. The molecule has 0 aliphatic carbocycles. The number of carbonyl (C=O) groups excluding carboxylic acids is 2. The number of halogens is 3. The van der Waals surface area contributed by atoms with Crippen LogP contribution in [0.25, 0.3) is 0 Å². The minimum Gasteiger partial charge on any atom is -0.350 e. The van der Waals surface area contributed by atoms with Crippen LogP contribution in [-0.4, -0.2) is 34.0 Å². The molecule has 4 nitrogen and oxygen atoms in total. The Bertz CT molecular complexity index is 1220. The van der Waals surface area contributed by atoms with Crippen LogP contribution < -0.4 is 5.32 Å². The largest absolute Gasteiger partial charge is 0.350 e. The van der Waals surface area contributed by atoms with Gasteiger partial charge in [-0.1, -0.05) is 77.8 Å². The summed E-state index contributed by atoms with van der Waals surface area (Å²) in [7, 11) is 0. The molecule has 3 rings (SSSR count). The number of nitrogens with one attached hydrogen (secondary N) is 1. The van der Waals surface area contributed by atoms with Gasteiger partial charge in [0.2, 0.25) is 11.8 Å². The summed E-state index contributed by atoms with van der Waals surface area (Å²) in [4.78, 5) is 28.8. The summed E-state index contributed by atoms with van der Waals surface area (Å²) in [5, 5.41) is 3.93. The van der Waals surface area contributed by atoms with Crippen molar-refractivity contribution in [3.05, 3.63) is 105 Å². The first-order valence-electron chi connectivity index (χ1n) is 11.9. The van der Waals surface area contributed by atoms with Gasteiger partial charge < -0.3 is 10.2 Å². The van der Waals surface area contributed by atoms with Gasteiger partial charge in [0.1, 0.15) is 11.9 Å². The monoisotopic (exact) mass is 560 g/mol. The Morgan fingerprint density at radius 3 is 2.30 bits per heavy atom. The molecule has 0 aliphatic heterocycles. The Hall–Kier alpha value is -2.54. The van der Waals surface area contributed by atoms with Gasteiger partial charge in [-0.3, -0.25) is 9.59 Å². The van der Waals surface area contributed by atoms with Gasteiger partial charge >= 0.3 is 0 Å².